The van der Waals surface area contributed by atoms with E-state index in [0.717, 1.165) is 62.1 Å². The van der Waals surface area contributed by atoms with Gasteiger partial charge in [-0.25, -0.2) is 0 Å². The number of benzene rings is 2. The van der Waals surface area contributed by atoms with Crippen LogP contribution < -0.4 is 4.74 Å². The van der Waals surface area contributed by atoms with E-state index in [4.69, 9.17) is 33.0 Å². The molecule has 2 heterocycles. The number of halogens is 2. The lowest BCUT2D eigenvalue weighted by molar-refractivity contribution is -0.137. The van der Waals surface area contributed by atoms with Gasteiger partial charge in [0.05, 0.1) is 13.0 Å². The fraction of sp³-hybridized carbons (Fsp3) is 0.444. The number of piperidine rings is 1. The van der Waals surface area contributed by atoms with Crippen molar-refractivity contribution in [2.24, 2.45) is 0 Å². The topological polar surface area (TPSA) is 49.8 Å². The highest BCUT2D eigenvalue weighted by Gasteiger charge is 2.42. The van der Waals surface area contributed by atoms with E-state index in [2.05, 4.69) is 30.0 Å². The van der Waals surface area contributed by atoms with Gasteiger partial charge >= 0.3 is 5.97 Å². The van der Waals surface area contributed by atoms with Crippen LogP contribution in [0.1, 0.15) is 61.3 Å². The first kappa shape index (κ1) is 24.1. The summed E-state index contributed by atoms with van der Waals surface area (Å²) in [5.74, 6) is 0.212. The maximum Gasteiger partial charge on any atom is 0.304 e. The second kappa shape index (κ2) is 10.5. The van der Waals surface area contributed by atoms with Gasteiger partial charge in [0.25, 0.3) is 0 Å². The summed E-state index contributed by atoms with van der Waals surface area (Å²) in [4.78, 5) is 13.1. The van der Waals surface area contributed by atoms with Crippen molar-refractivity contribution in [2.75, 3.05) is 26.2 Å². The van der Waals surface area contributed by atoms with E-state index in [0.29, 0.717) is 23.2 Å². The van der Waals surface area contributed by atoms with E-state index < -0.39 is 5.97 Å². The molecule has 1 spiro atoms. The zero-order valence-electron chi connectivity index (χ0n) is 19.1. The number of rotatable bonds is 8. The number of carboxylic acids is 1. The van der Waals surface area contributed by atoms with Crippen LogP contribution >= 0.6 is 23.2 Å². The van der Waals surface area contributed by atoms with E-state index in [-0.39, 0.29) is 11.8 Å². The van der Waals surface area contributed by atoms with Gasteiger partial charge in [-0.3, -0.25) is 4.79 Å². The zero-order valence-corrected chi connectivity index (χ0v) is 20.6. The summed E-state index contributed by atoms with van der Waals surface area (Å²) < 4.78 is 6.12. The molecule has 33 heavy (non-hydrogen) atoms. The van der Waals surface area contributed by atoms with Crippen LogP contribution in [0.2, 0.25) is 10.0 Å². The molecule has 4 nitrogen and oxygen atoms in total. The minimum Gasteiger partial charge on any atom is -0.492 e. The summed E-state index contributed by atoms with van der Waals surface area (Å²) in [5, 5.41) is 10.3. The molecule has 0 atom stereocenters. The van der Waals surface area contributed by atoms with Gasteiger partial charge in [0, 0.05) is 33.1 Å². The van der Waals surface area contributed by atoms with Gasteiger partial charge in [-0.05, 0) is 68.1 Å². The van der Waals surface area contributed by atoms with Crippen molar-refractivity contribution < 1.29 is 14.6 Å². The minimum atomic E-state index is -0.736. The number of hydrogen-bond acceptors (Lipinski definition) is 3. The summed E-state index contributed by atoms with van der Waals surface area (Å²) in [6.45, 7) is 5.30. The van der Waals surface area contributed by atoms with Crippen LogP contribution in [0, 0.1) is 0 Å². The first-order chi connectivity index (χ1) is 15.9. The molecular formula is C27H31Cl2NO3. The van der Waals surface area contributed by atoms with Crippen LogP contribution in [0.4, 0.5) is 0 Å². The Labute approximate surface area is 206 Å². The number of ether oxygens (including phenoxy) is 1. The maximum atomic E-state index is 10.9. The number of fused-ring (bicyclic) bond motifs is 2. The highest BCUT2D eigenvalue weighted by Crippen LogP contribution is 2.46. The Bertz CT molecular complexity index is 1020. The molecule has 2 aromatic carbocycles. The van der Waals surface area contributed by atoms with Crippen molar-refractivity contribution in [3.8, 4) is 5.75 Å². The third-order valence-corrected chi connectivity index (χ3v) is 7.56. The van der Waals surface area contributed by atoms with Gasteiger partial charge in [0.15, 0.2) is 0 Å². The fourth-order valence-corrected chi connectivity index (χ4v) is 5.52. The number of hydrogen-bond donors (Lipinski definition) is 1. The van der Waals surface area contributed by atoms with Crippen molar-refractivity contribution in [2.45, 2.75) is 50.9 Å². The Morgan fingerprint density at radius 3 is 2.55 bits per heavy atom. The maximum absolute atomic E-state index is 10.9. The molecule has 2 aliphatic heterocycles. The summed E-state index contributed by atoms with van der Waals surface area (Å²) in [7, 11) is 0. The van der Waals surface area contributed by atoms with Crippen LogP contribution in [-0.4, -0.2) is 42.2 Å². The highest BCUT2D eigenvalue weighted by molar-refractivity contribution is 6.37. The highest BCUT2D eigenvalue weighted by atomic mass is 35.5. The summed E-state index contributed by atoms with van der Waals surface area (Å²) in [6, 6.07) is 10.4. The molecular weight excluding hydrogens is 457 g/mol. The second-order valence-corrected chi connectivity index (χ2v) is 10.0. The Morgan fingerprint density at radius 1 is 1.15 bits per heavy atom. The van der Waals surface area contributed by atoms with Crippen molar-refractivity contribution in [1.82, 2.24) is 4.90 Å². The van der Waals surface area contributed by atoms with Crippen LogP contribution in [-0.2, 0) is 16.6 Å². The molecule has 0 bridgehead atoms. The number of aliphatic carboxylic acids is 1. The molecule has 1 fully saturated rings. The molecule has 0 amide bonds. The van der Waals surface area contributed by atoms with E-state index in [9.17, 15) is 4.79 Å². The Balaban J connectivity index is 1.45. The third kappa shape index (κ3) is 5.56. The monoisotopic (exact) mass is 487 g/mol. The van der Waals surface area contributed by atoms with Crippen molar-refractivity contribution in [1.29, 1.82) is 0 Å². The van der Waals surface area contributed by atoms with Crippen LogP contribution in [0.5, 0.6) is 5.75 Å². The summed E-state index contributed by atoms with van der Waals surface area (Å²) >= 11 is 13.1. The molecule has 2 aromatic rings. The second-order valence-electron chi connectivity index (χ2n) is 9.22. The van der Waals surface area contributed by atoms with E-state index in [1.807, 2.05) is 24.3 Å². The average Bonchev–Trinajstić information content (AvgIpc) is 3.14. The van der Waals surface area contributed by atoms with Gasteiger partial charge < -0.3 is 14.7 Å². The van der Waals surface area contributed by atoms with Crippen molar-refractivity contribution in [3.05, 3.63) is 62.6 Å². The quantitative estimate of drug-likeness (QED) is 0.420. The lowest BCUT2D eigenvalue weighted by Gasteiger charge is -2.38. The molecule has 4 rings (SSSR count). The van der Waals surface area contributed by atoms with Crippen LogP contribution in [0.15, 0.2) is 30.3 Å². The number of unbranched alkanes of at least 4 members (excludes halogenated alkanes) is 1. The Morgan fingerprint density at radius 2 is 1.88 bits per heavy atom. The van der Waals surface area contributed by atoms with Crippen LogP contribution in [0.25, 0.3) is 12.2 Å². The number of carbonyl (C=O) groups is 1. The zero-order chi connectivity index (χ0) is 23.4. The predicted octanol–water partition coefficient (Wildman–Crippen LogP) is 6.71. The third-order valence-electron chi connectivity index (χ3n) is 6.94. The van der Waals surface area contributed by atoms with Gasteiger partial charge in [-0.15, -0.1) is 0 Å². The average molecular weight is 488 g/mol. The molecule has 0 unspecified atom stereocenters. The summed E-state index contributed by atoms with van der Waals surface area (Å²) in [6.07, 6.45) is 9.44. The molecule has 0 saturated carbocycles. The Kier molecular flexibility index (Phi) is 7.68. The molecule has 6 heteroatoms. The molecule has 0 aromatic heterocycles. The number of aryl methyl sites for hydroxylation is 1. The predicted molar refractivity (Wildman–Crippen MR) is 136 cm³/mol. The van der Waals surface area contributed by atoms with Gasteiger partial charge in [-0.2, -0.15) is 0 Å². The Hall–Kier alpha value is -2.01. The van der Waals surface area contributed by atoms with E-state index in [1.165, 1.54) is 11.1 Å². The SMILES string of the molecule is CCCCc1cc(Cl)c(/C=C/c2ccc3c(c2)OCC32CCN(CCC(=O)O)CC2)c(Cl)c1. The number of likely N-dealkylation sites (tertiary alicyclic amines) is 1. The lowest BCUT2D eigenvalue weighted by Crippen LogP contribution is -2.44. The lowest BCUT2D eigenvalue weighted by atomic mass is 9.74. The standard InChI is InChI=1S/C27H31Cl2NO3/c1-2-3-4-20-15-23(28)21(24(29)16-20)7-5-19-6-8-22-25(17-19)33-18-27(22)10-13-30(14-11-27)12-9-26(31)32/h5-8,15-17H,2-4,9-14,18H2,1H3,(H,31,32)/b7-5+. The fourth-order valence-electron chi connectivity index (χ4n) is 4.87. The molecule has 0 aliphatic carbocycles. The van der Waals surface area contributed by atoms with Crippen LogP contribution in [0.3, 0.4) is 0 Å². The van der Waals surface area contributed by atoms with E-state index >= 15 is 0 Å². The number of carboxylic acid groups (broad SMARTS) is 1. The molecule has 176 valence electrons. The number of nitrogens with zero attached hydrogens (tertiary/aromatic N) is 1. The molecule has 0 radical (unpaired) electrons. The first-order valence-corrected chi connectivity index (χ1v) is 12.5. The van der Waals surface area contributed by atoms with E-state index in [1.54, 1.807) is 0 Å². The van der Waals surface area contributed by atoms with Crippen molar-refractivity contribution >= 4 is 41.3 Å². The smallest absolute Gasteiger partial charge is 0.304 e. The first-order valence-electron chi connectivity index (χ1n) is 11.8. The van der Waals surface area contributed by atoms with Crippen molar-refractivity contribution in [3.63, 3.8) is 0 Å². The van der Waals surface area contributed by atoms with Gasteiger partial charge in [0.1, 0.15) is 5.75 Å². The summed E-state index contributed by atoms with van der Waals surface area (Å²) in [5.41, 5.74) is 4.37. The normalized spacial score (nSPS) is 17.4. The largest absolute Gasteiger partial charge is 0.492 e. The molecule has 1 N–H and O–H groups in total. The minimum absolute atomic E-state index is 0.0399. The van der Waals surface area contributed by atoms with Gasteiger partial charge in [-0.1, -0.05) is 60.8 Å². The van der Waals surface area contributed by atoms with Gasteiger partial charge in [0.2, 0.25) is 0 Å². The molecule has 2 aliphatic rings. The molecule has 1 saturated heterocycles.